The Morgan fingerprint density at radius 2 is 2.05 bits per heavy atom. The Labute approximate surface area is 112 Å². The molecule has 0 fully saturated rings. The SMILES string of the molecule is COc1ccc(C(=O)NCc2cc(C)nn2C)cc1. The number of ether oxygens (including phenoxy) is 1. The standard InChI is InChI=1S/C14H17N3O2/c1-10-8-12(17(2)16-10)9-15-14(18)11-4-6-13(19-3)7-5-11/h4-8H,9H2,1-3H3,(H,15,18). The lowest BCUT2D eigenvalue weighted by atomic mass is 10.2. The van der Waals surface area contributed by atoms with E-state index >= 15 is 0 Å². The highest BCUT2D eigenvalue weighted by Crippen LogP contribution is 2.11. The molecule has 1 aromatic heterocycles. The van der Waals surface area contributed by atoms with Crippen molar-refractivity contribution in [1.29, 1.82) is 0 Å². The van der Waals surface area contributed by atoms with Crippen molar-refractivity contribution >= 4 is 5.91 Å². The second-order valence-corrected chi connectivity index (χ2v) is 4.31. The van der Waals surface area contributed by atoms with Gasteiger partial charge in [-0.25, -0.2) is 0 Å². The van der Waals surface area contributed by atoms with E-state index in [0.29, 0.717) is 12.1 Å². The summed E-state index contributed by atoms with van der Waals surface area (Å²) in [5.74, 6) is 0.625. The summed E-state index contributed by atoms with van der Waals surface area (Å²) in [5, 5.41) is 7.10. The summed E-state index contributed by atoms with van der Waals surface area (Å²) in [7, 11) is 3.46. The first-order chi connectivity index (χ1) is 9.10. The van der Waals surface area contributed by atoms with Gasteiger partial charge in [-0.15, -0.1) is 0 Å². The molecule has 0 aliphatic heterocycles. The third-order valence-corrected chi connectivity index (χ3v) is 2.88. The molecule has 5 heteroatoms. The molecule has 0 aliphatic rings. The third-order valence-electron chi connectivity index (χ3n) is 2.88. The van der Waals surface area contributed by atoms with Crippen molar-refractivity contribution in [1.82, 2.24) is 15.1 Å². The lowest BCUT2D eigenvalue weighted by molar-refractivity contribution is 0.0950. The average Bonchev–Trinajstić information content (AvgIpc) is 2.74. The average molecular weight is 259 g/mol. The van der Waals surface area contributed by atoms with Gasteiger partial charge in [0.05, 0.1) is 25.0 Å². The van der Waals surface area contributed by atoms with Crippen LogP contribution < -0.4 is 10.1 Å². The zero-order chi connectivity index (χ0) is 13.8. The van der Waals surface area contributed by atoms with Gasteiger partial charge in [-0.1, -0.05) is 0 Å². The lowest BCUT2D eigenvalue weighted by Crippen LogP contribution is -2.23. The molecule has 5 nitrogen and oxygen atoms in total. The van der Waals surface area contributed by atoms with Gasteiger partial charge in [0, 0.05) is 12.6 Å². The number of methoxy groups -OCH3 is 1. The predicted octanol–water partition coefficient (Wildman–Crippen LogP) is 1.67. The van der Waals surface area contributed by atoms with Gasteiger partial charge in [0.25, 0.3) is 5.91 Å². The maximum Gasteiger partial charge on any atom is 0.251 e. The molecule has 0 bridgehead atoms. The quantitative estimate of drug-likeness (QED) is 0.908. The second kappa shape index (κ2) is 5.56. The maximum atomic E-state index is 12.0. The topological polar surface area (TPSA) is 56.1 Å². The predicted molar refractivity (Wildman–Crippen MR) is 72.1 cm³/mol. The third kappa shape index (κ3) is 3.13. The number of carbonyl (C=O) groups excluding carboxylic acids is 1. The van der Waals surface area contributed by atoms with Gasteiger partial charge < -0.3 is 10.1 Å². The van der Waals surface area contributed by atoms with Crippen molar-refractivity contribution in [3.8, 4) is 5.75 Å². The summed E-state index contributed by atoms with van der Waals surface area (Å²) in [6.45, 7) is 2.39. The Morgan fingerprint density at radius 1 is 1.37 bits per heavy atom. The number of aromatic nitrogens is 2. The van der Waals surface area contributed by atoms with E-state index in [4.69, 9.17) is 4.74 Å². The van der Waals surface area contributed by atoms with Gasteiger partial charge in [-0.2, -0.15) is 5.10 Å². The molecule has 2 rings (SSSR count). The normalized spacial score (nSPS) is 10.3. The van der Waals surface area contributed by atoms with Crippen molar-refractivity contribution < 1.29 is 9.53 Å². The molecule has 0 atom stereocenters. The number of amides is 1. The van der Waals surface area contributed by atoms with Gasteiger partial charge in [0.15, 0.2) is 0 Å². The Balaban J connectivity index is 1.99. The molecule has 0 unspecified atom stereocenters. The van der Waals surface area contributed by atoms with Crippen LogP contribution in [0.1, 0.15) is 21.7 Å². The summed E-state index contributed by atoms with van der Waals surface area (Å²) < 4.78 is 6.82. The van der Waals surface area contributed by atoms with E-state index in [-0.39, 0.29) is 5.91 Å². The summed E-state index contributed by atoms with van der Waals surface area (Å²) in [4.78, 5) is 12.0. The van der Waals surface area contributed by atoms with E-state index in [9.17, 15) is 4.79 Å². The minimum absolute atomic E-state index is 0.110. The first kappa shape index (κ1) is 13.1. The fourth-order valence-corrected chi connectivity index (χ4v) is 1.84. The number of hydrogen-bond acceptors (Lipinski definition) is 3. The number of aryl methyl sites for hydroxylation is 2. The molecule has 1 amide bonds. The number of carbonyl (C=O) groups is 1. The fourth-order valence-electron chi connectivity index (χ4n) is 1.84. The van der Waals surface area contributed by atoms with E-state index < -0.39 is 0 Å². The van der Waals surface area contributed by atoms with Gasteiger partial charge in [0.1, 0.15) is 5.75 Å². The van der Waals surface area contributed by atoms with E-state index in [2.05, 4.69) is 10.4 Å². The number of benzene rings is 1. The zero-order valence-corrected chi connectivity index (χ0v) is 11.3. The summed E-state index contributed by atoms with van der Waals surface area (Å²) in [6, 6.07) is 8.96. The van der Waals surface area contributed by atoms with E-state index in [1.807, 2.05) is 20.0 Å². The highest BCUT2D eigenvalue weighted by molar-refractivity contribution is 5.94. The Bertz CT molecular complexity index is 573. The first-order valence-electron chi connectivity index (χ1n) is 6.02. The Hall–Kier alpha value is -2.30. The van der Waals surface area contributed by atoms with Gasteiger partial charge in [-0.3, -0.25) is 9.48 Å². The summed E-state index contributed by atoms with van der Waals surface area (Å²) >= 11 is 0. The summed E-state index contributed by atoms with van der Waals surface area (Å²) in [5.41, 5.74) is 2.52. The minimum Gasteiger partial charge on any atom is -0.497 e. The monoisotopic (exact) mass is 259 g/mol. The van der Waals surface area contributed by atoms with Crippen molar-refractivity contribution in [2.75, 3.05) is 7.11 Å². The second-order valence-electron chi connectivity index (χ2n) is 4.31. The molecular formula is C14H17N3O2. The lowest BCUT2D eigenvalue weighted by Gasteiger charge is -2.06. The zero-order valence-electron chi connectivity index (χ0n) is 11.3. The molecule has 0 saturated carbocycles. The Morgan fingerprint density at radius 3 is 2.58 bits per heavy atom. The van der Waals surface area contributed by atoms with Crippen LogP contribution in [0.5, 0.6) is 5.75 Å². The molecule has 0 radical (unpaired) electrons. The van der Waals surface area contributed by atoms with Crippen LogP contribution in [-0.2, 0) is 13.6 Å². The Kier molecular flexibility index (Phi) is 3.85. The molecule has 100 valence electrons. The number of hydrogen-bond donors (Lipinski definition) is 1. The number of nitrogens with zero attached hydrogens (tertiary/aromatic N) is 2. The maximum absolute atomic E-state index is 12.0. The highest BCUT2D eigenvalue weighted by atomic mass is 16.5. The molecule has 1 N–H and O–H groups in total. The van der Waals surface area contributed by atoms with Crippen LogP contribution in [0.4, 0.5) is 0 Å². The van der Waals surface area contributed by atoms with Crippen molar-refractivity contribution in [3.05, 3.63) is 47.3 Å². The number of rotatable bonds is 4. The van der Waals surface area contributed by atoms with Gasteiger partial charge >= 0.3 is 0 Å². The van der Waals surface area contributed by atoms with E-state index in [0.717, 1.165) is 17.1 Å². The van der Waals surface area contributed by atoms with Gasteiger partial charge in [0.2, 0.25) is 0 Å². The fraction of sp³-hybridized carbons (Fsp3) is 0.286. The molecular weight excluding hydrogens is 242 g/mol. The molecule has 2 aromatic rings. The minimum atomic E-state index is -0.110. The molecule has 1 heterocycles. The van der Waals surface area contributed by atoms with Gasteiger partial charge in [-0.05, 0) is 37.3 Å². The highest BCUT2D eigenvalue weighted by Gasteiger charge is 2.07. The summed E-state index contributed by atoms with van der Waals surface area (Å²) in [6.07, 6.45) is 0. The van der Waals surface area contributed by atoms with Crippen LogP contribution >= 0.6 is 0 Å². The smallest absolute Gasteiger partial charge is 0.251 e. The molecule has 19 heavy (non-hydrogen) atoms. The molecule has 0 spiro atoms. The van der Waals surface area contributed by atoms with E-state index in [1.165, 1.54) is 0 Å². The van der Waals surface area contributed by atoms with Crippen molar-refractivity contribution in [2.24, 2.45) is 7.05 Å². The van der Waals surface area contributed by atoms with Crippen molar-refractivity contribution in [3.63, 3.8) is 0 Å². The van der Waals surface area contributed by atoms with Crippen LogP contribution in [0, 0.1) is 6.92 Å². The first-order valence-corrected chi connectivity index (χ1v) is 6.02. The van der Waals surface area contributed by atoms with E-state index in [1.54, 1.807) is 36.1 Å². The van der Waals surface area contributed by atoms with Crippen LogP contribution in [0.25, 0.3) is 0 Å². The molecule has 0 aliphatic carbocycles. The van der Waals surface area contributed by atoms with Crippen LogP contribution in [0.2, 0.25) is 0 Å². The molecule has 1 aromatic carbocycles. The van der Waals surface area contributed by atoms with Crippen LogP contribution in [0.15, 0.2) is 30.3 Å². The van der Waals surface area contributed by atoms with Crippen LogP contribution in [-0.4, -0.2) is 22.8 Å². The largest absolute Gasteiger partial charge is 0.497 e. The van der Waals surface area contributed by atoms with Crippen molar-refractivity contribution in [2.45, 2.75) is 13.5 Å². The number of nitrogens with one attached hydrogen (secondary N) is 1. The molecule has 0 saturated heterocycles. The van der Waals surface area contributed by atoms with Crippen LogP contribution in [0.3, 0.4) is 0 Å².